The number of fused-ring (bicyclic) bond motifs is 1. The number of halogens is 2. The van der Waals surface area contributed by atoms with Gasteiger partial charge in [-0.25, -0.2) is 9.37 Å². The molecule has 0 fully saturated rings. The van der Waals surface area contributed by atoms with Crippen molar-refractivity contribution in [2.75, 3.05) is 27.4 Å². The molecule has 1 unspecified atom stereocenters. The van der Waals surface area contributed by atoms with E-state index < -0.39 is 12.0 Å². The number of ketones is 1. The van der Waals surface area contributed by atoms with E-state index >= 15 is 0 Å². The Kier molecular flexibility index (Phi) is 5.58. The topological polar surface area (TPSA) is 73.4 Å². The SMILES string of the molecule is COCCOC1=CCC(F)C(C(=O)c2c[nH]c3ncc(Cl)cc23)=C1OC. The Hall–Kier alpha value is -2.38. The Balaban J connectivity index is 2.01. The van der Waals surface area contributed by atoms with Gasteiger partial charge in [0.2, 0.25) is 0 Å². The van der Waals surface area contributed by atoms with Crippen molar-refractivity contribution in [2.45, 2.75) is 12.6 Å². The molecule has 0 aliphatic heterocycles. The summed E-state index contributed by atoms with van der Waals surface area (Å²) < 4.78 is 30.5. The van der Waals surface area contributed by atoms with Crippen LogP contribution in [0.1, 0.15) is 16.8 Å². The van der Waals surface area contributed by atoms with E-state index in [0.29, 0.717) is 28.4 Å². The number of aromatic nitrogens is 2. The van der Waals surface area contributed by atoms with Crippen LogP contribution in [0.15, 0.2) is 41.6 Å². The number of aromatic amines is 1. The molecular weight excluding hydrogens is 363 g/mol. The minimum absolute atomic E-state index is 0.0254. The molecule has 0 saturated heterocycles. The number of methoxy groups -OCH3 is 2. The van der Waals surface area contributed by atoms with Crippen molar-refractivity contribution in [3.8, 4) is 0 Å². The number of nitrogens with one attached hydrogen (secondary N) is 1. The van der Waals surface area contributed by atoms with Crippen LogP contribution in [0, 0.1) is 0 Å². The predicted molar refractivity (Wildman–Crippen MR) is 94.9 cm³/mol. The van der Waals surface area contributed by atoms with E-state index in [1.807, 2.05) is 0 Å². The van der Waals surface area contributed by atoms with Crippen LogP contribution >= 0.6 is 11.6 Å². The second kappa shape index (κ2) is 7.88. The molecule has 0 aromatic carbocycles. The van der Waals surface area contributed by atoms with E-state index in [1.165, 1.54) is 19.5 Å². The Morgan fingerprint density at radius 2 is 2.23 bits per heavy atom. The fourth-order valence-corrected chi connectivity index (χ4v) is 2.98. The lowest BCUT2D eigenvalue weighted by molar-refractivity contribution is 0.0918. The summed E-state index contributed by atoms with van der Waals surface area (Å²) in [4.78, 5) is 20.1. The number of alkyl halides is 1. The molecule has 0 radical (unpaired) electrons. The fraction of sp³-hybridized carbons (Fsp3) is 0.333. The number of carbonyl (C=O) groups excluding carboxylic acids is 1. The zero-order valence-electron chi connectivity index (χ0n) is 14.3. The van der Waals surface area contributed by atoms with Crippen LogP contribution in [0.25, 0.3) is 11.0 Å². The van der Waals surface area contributed by atoms with Crippen molar-refractivity contribution in [1.82, 2.24) is 9.97 Å². The number of rotatable bonds is 7. The number of hydrogen-bond donors (Lipinski definition) is 1. The van der Waals surface area contributed by atoms with Crippen molar-refractivity contribution in [2.24, 2.45) is 0 Å². The van der Waals surface area contributed by atoms with E-state index in [2.05, 4.69) is 9.97 Å². The first-order chi connectivity index (χ1) is 12.6. The van der Waals surface area contributed by atoms with Gasteiger partial charge in [-0.3, -0.25) is 4.79 Å². The van der Waals surface area contributed by atoms with E-state index in [9.17, 15) is 9.18 Å². The van der Waals surface area contributed by atoms with Crippen molar-refractivity contribution >= 4 is 28.4 Å². The van der Waals surface area contributed by atoms with Gasteiger partial charge in [-0.15, -0.1) is 0 Å². The normalized spacial score (nSPS) is 17.4. The molecule has 0 amide bonds. The Morgan fingerprint density at radius 1 is 1.42 bits per heavy atom. The Bertz CT molecular complexity index is 890. The molecule has 3 rings (SSSR count). The molecule has 0 bridgehead atoms. The highest BCUT2D eigenvalue weighted by molar-refractivity contribution is 6.31. The maximum absolute atomic E-state index is 14.6. The average molecular weight is 381 g/mol. The third kappa shape index (κ3) is 3.45. The molecule has 0 saturated carbocycles. The second-order valence-electron chi connectivity index (χ2n) is 5.64. The number of pyridine rings is 1. The first-order valence-electron chi connectivity index (χ1n) is 7.98. The van der Waals surface area contributed by atoms with Crippen LogP contribution in [-0.2, 0) is 14.2 Å². The van der Waals surface area contributed by atoms with Gasteiger partial charge in [0.05, 0.1) is 24.3 Å². The summed E-state index contributed by atoms with van der Waals surface area (Å²) >= 11 is 5.98. The number of Topliss-reactive ketones (excluding diaryl/α,β-unsaturated/α-hetero) is 1. The highest BCUT2D eigenvalue weighted by atomic mass is 35.5. The van der Waals surface area contributed by atoms with Crippen LogP contribution in [0.2, 0.25) is 5.02 Å². The molecule has 8 heteroatoms. The van der Waals surface area contributed by atoms with E-state index in [0.717, 1.165) is 0 Å². The summed E-state index contributed by atoms with van der Waals surface area (Å²) in [6.45, 7) is 0.628. The van der Waals surface area contributed by atoms with Gasteiger partial charge in [-0.1, -0.05) is 11.6 Å². The number of carbonyl (C=O) groups is 1. The number of H-pyrrole nitrogens is 1. The fourth-order valence-electron chi connectivity index (χ4n) is 2.82. The van der Waals surface area contributed by atoms with Crippen LogP contribution in [0.3, 0.4) is 0 Å². The van der Waals surface area contributed by atoms with Crippen molar-refractivity contribution < 1.29 is 23.4 Å². The zero-order chi connectivity index (χ0) is 18.7. The van der Waals surface area contributed by atoms with Crippen molar-refractivity contribution in [1.29, 1.82) is 0 Å². The summed E-state index contributed by atoms with van der Waals surface area (Å²) in [5, 5.41) is 0.907. The molecule has 0 spiro atoms. The van der Waals surface area contributed by atoms with Gasteiger partial charge in [-0.2, -0.15) is 0 Å². The van der Waals surface area contributed by atoms with Gasteiger partial charge in [0, 0.05) is 36.9 Å². The minimum atomic E-state index is -1.50. The van der Waals surface area contributed by atoms with E-state index in [-0.39, 0.29) is 29.9 Å². The first-order valence-corrected chi connectivity index (χ1v) is 8.36. The molecule has 1 aliphatic rings. The summed E-state index contributed by atoms with van der Waals surface area (Å²) in [5.41, 5.74) is 0.694. The molecule has 138 valence electrons. The minimum Gasteiger partial charge on any atom is -0.492 e. The predicted octanol–water partition coefficient (Wildman–Crippen LogP) is 3.59. The maximum Gasteiger partial charge on any atom is 0.198 e. The molecule has 2 aromatic rings. The third-order valence-electron chi connectivity index (χ3n) is 4.03. The molecule has 2 aromatic heterocycles. The molecule has 1 aliphatic carbocycles. The van der Waals surface area contributed by atoms with Gasteiger partial charge in [0.15, 0.2) is 17.3 Å². The molecule has 1 atom stereocenters. The number of allylic oxidation sites excluding steroid dienone is 2. The lowest BCUT2D eigenvalue weighted by Crippen LogP contribution is -2.22. The van der Waals surface area contributed by atoms with Gasteiger partial charge in [0.1, 0.15) is 18.4 Å². The zero-order valence-corrected chi connectivity index (χ0v) is 15.1. The first kappa shape index (κ1) is 18.4. The summed E-state index contributed by atoms with van der Waals surface area (Å²) in [5.74, 6) is -0.0717. The Labute approximate surface area is 154 Å². The highest BCUT2D eigenvalue weighted by Crippen LogP contribution is 2.33. The summed E-state index contributed by atoms with van der Waals surface area (Å²) in [7, 11) is 2.93. The van der Waals surface area contributed by atoms with E-state index in [1.54, 1.807) is 19.3 Å². The quantitative estimate of drug-likeness (QED) is 0.587. The Morgan fingerprint density at radius 3 is 2.96 bits per heavy atom. The lowest BCUT2D eigenvalue weighted by Gasteiger charge is -2.22. The van der Waals surface area contributed by atoms with Crippen LogP contribution in [0.4, 0.5) is 4.39 Å². The van der Waals surface area contributed by atoms with Crippen LogP contribution in [-0.4, -0.2) is 49.4 Å². The van der Waals surface area contributed by atoms with Crippen molar-refractivity contribution in [3.63, 3.8) is 0 Å². The van der Waals surface area contributed by atoms with Gasteiger partial charge < -0.3 is 19.2 Å². The number of nitrogens with zero attached hydrogens (tertiary/aromatic N) is 1. The number of ether oxygens (including phenoxy) is 3. The molecule has 1 N–H and O–H groups in total. The lowest BCUT2D eigenvalue weighted by atomic mass is 9.92. The molecular formula is C18H18ClFN2O4. The number of hydrogen-bond acceptors (Lipinski definition) is 5. The second-order valence-corrected chi connectivity index (χ2v) is 6.08. The van der Waals surface area contributed by atoms with Gasteiger partial charge >= 0.3 is 0 Å². The van der Waals surface area contributed by atoms with Gasteiger partial charge in [0.25, 0.3) is 0 Å². The van der Waals surface area contributed by atoms with Crippen molar-refractivity contribution in [3.05, 3.63) is 52.2 Å². The average Bonchev–Trinajstić information content (AvgIpc) is 3.05. The van der Waals surface area contributed by atoms with E-state index in [4.69, 9.17) is 25.8 Å². The third-order valence-corrected chi connectivity index (χ3v) is 4.23. The highest BCUT2D eigenvalue weighted by Gasteiger charge is 2.33. The standard InChI is InChI=1S/C18H18ClFN2O4/c1-24-5-6-26-14-4-3-13(20)15(17(14)25-2)16(23)12-9-22-18-11(12)7-10(19)8-21-18/h4,7-9,13H,3,5-6H2,1-2H3,(H,21,22). The monoisotopic (exact) mass is 380 g/mol. The smallest absolute Gasteiger partial charge is 0.198 e. The van der Waals surface area contributed by atoms with Crippen LogP contribution < -0.4 is 0 Å². The largest absolute Gasteiger partial charge is 0.492 e. The van der Waals surface area contributed by atoms with Gasteiger partial charge in [-0.05, 0) is 12.1 Å². The summed E-state index contributed by atoms with van der Waals surface area (Å²) in [6, 6.07) is 1.61. The maximum atomic E-state index is 14.6. The van der Waals surface area contributed by atoms with Crippen LogP contribution in [0.5, 0.6) is 0 Å². The summed E-state index contributed by atoms with van der Waals surface area (Å²) in [6.07, 6.45) is 3.07. The molecule has 6 nitrogen and oxygen atoms in total. The molecule has 2 heterocycles. The molecule has 26 heavy (non-hydrogen) atoms.